The Bertz CT molecular complexity index is 253. The maximum absolute atomic E-state index is 11.0. The van der Waals surface area contributed by atoms with Gasteiger partial charge in [0.15, 0.2) is 0 Å². The number of nitrogens with one attached hydrogen (secondary N) is 1. The van der Waals surface area contributed by atoms with Gasteiger partial charge in [-0.3, -0.25) is 9.69 Å². The summed E-state index contributed by atoms with van der Waals surface area (Å²) in [5.41, 5.74) is 5.23. The minimum Gasteiger partial charge on any atom is -0.369 e. The summed E-state index contributed by atoms with van der Waals surface area (Å²) in [6, 6.07) is 0.352. The number of terminal acetylenes is 1. The zero-order valence-corrected chi connectivity index (χ0v) is 9.20. The number of hydrogen-bond donors (Lipinski definition) is 2. The minimum atomic E-state index is -0.310. The first kappa shape index (κ1) is 12.0. The molecule has 4 heteroatoms. The third kappa shape index (κ3) is 3.54. The second-order valence-corrected chi connectivity index (χ2v) is 3.96. The van der Waals surface area contributed by atoms with E-state index in [0.29, 0.717) is 6.04 Å². The standard InChI is InChI=1S/C11H19N3O/c1-3-9(2)14(8-11(12)15)10-4-6-13-7-5-10/h1,9-10,13H,4-8H2,2H3,(H2,12,15). The van der Waals surface area contributed by atoms with Crippen molar-refractivity contribution in [2.75, 3.05) is 19.6 Å². The lowest BCUT2D eigenvalue weighted by Gasteiger charge is -2.35. The van der Waals surface area contributed by atoms with E-state index in [1.54, 1.807) is 0 Å². The van der Waals surface area contributed by atoms with Gasteiger partial charge in [-0.2, -0.15) is 0 Å². The summed E-state index contributed by atoms with van der Waals surface area (Å²) in [5.74, 6) is 2.36. The van der Waals surface area contributed by atoms with Crippen molar-refractivity contribution in [1.29, 1.82) is 0 Å². The molecule has 0 saturated carbocycles. The van der Waals surface area contributed by atoms with Crippen molar-refractivity contribution in [3.63, 3.8) is 0 Å². The normalized spacial score (nSPS) is 19.8. The van der Waals surface area contributed by atoms with Crippen LogP contribution in [0.3, 0.4) is 0 Å². The highest BCUT2D eigenvalue weighted by atomic mass is 16.1. The van der Waals surface area contributed by atoms with Gasteiger partial charge >= 0.3 is 0 Å². The summed E-state index contributed by atoms with van der Waals surface area (Å²) in [5, 5.41) is 3.29. The van der Waals surface area contributed by atoms with Crippen molar-refractivity contribution >= 4 is 5.91 Å². The van der Waals surface area contributed by atoms with Crippen LogP contribution in [-0.2, 0) is 4.79 Å². The molecule has 1 saturated heterocycles. The van der Waals surface area contributed by atoms with Crippen LogP contribution in [0.4, 0.5) is 0 Å². The first-order chi connectivity index (χ1) is 7.15. The van der Waals surface area contributed by atoms with Gasteiger partial charge in [0, 0.05) is 6.04 Å². The third-order valence-electron chi connectivity index (χ3n) is 2.85. The van der Waals surface area contributed by atoms with Crippen LogP contribution in [0.25, 0.3) is 0 Å². The van der Waals surface area contributed by atoms with Crippen molar-refractivity contribution < 1.29 is 4.79 Å². The molecule has 1 rings (SSSR count). The molecule has 0 aromatic rings. The van der Waals surface area contributed by atoms with Crippen molar-refractivity contribution in [1.82, 2.24) is 10.2 Å². The molecule has 0 spiro atoms. The van der Waals surface area contributed by atoms with Crippen LogP contribution in [0.1, 0.15) is 19.8 Å². The number of rotatable bonds is 4. The van der Waals surface area contributed by atoms with E-state index in [1.165, 1.54) is 0 Å². The van der Waals surface area contributed by atoms with Crippen molar-refractivity contribution in [2.24, 2.45) is 5.73 Å². The molecule has 1 atom stereocenters. The van der Waals surface area contributed by atoms with Crippen LogP contribution in [0, 0.1) is 12.3 Å². The quantitative estimate of drug-likeness (QED) is 0.616. The number of hydrogen-bond acceptors (Lipinski definition) is 3. The second kappa shape index (κ2) is 5.74. The molecule has 1 unspecified atom stereocenters. The number of carbonyl (C=O) groups is 1. The van der Waals surface area contributed by atoms with Crippen LogP contribution in [0.5, 0.6) is 0 Å². The molecule has 0 aromatic heterocycles. The molecule has 15 heavy (non-hydrogen) atoms. The molecule has 0 radical (unpaired) electrons. The van der Waals surface area contributed by atoms with E-state index in [-0.39, 0.29) is 18.5 Å². The molecule has 3 N–H and O–H groups in total. The third-order valence-corrected chi connectivity index (χ3v) is 2.85. The van der Waals surface area contributed by atoms with Gasteiger partial charge in [-0.15, -0.1) is 6.42 Å². The largest absolute Gasteiger partial charge is 0.369 e. The molecular weight excluding hydrogens is 190 g/mol. The average molecular weight is 209 g/mol. The van der Waals surface area contributed by atoms with Gasteiger partial charge in [-0.1, -0.05) is 5.92 Å². The predicted octanol–water partition coefficient (Wildman–Crippen LogP) is -0.453. The molecule has 1 aliphatic rings. The Balaban J connectivity index is 2.61. The summed E-state index contributed by atoms with van der Waals surface area (Å²) >= 11 is 0. The molecule has 0 aliphatic carbocycles. The average Bonchev–Trinajstić information content (AvgIpc) is 2.26. The molecule has 84 valence electrons. The lowest BCUT2D eigenvalue weighted by atomic mass is 10.0. The van der Waals surface area contributed by atoms with Crippen LogP contribution >= 0.6 is 0 Å². The fourth-order valence-electron chi connectivity index (χ4n) is 2.00. The second-order valence-electron chi connectivity index (χ2n) is 3.96. The Morgan fingerprint density at radius 1 is 1.67 bits per heavy atom. The Labute approximate surface area is 91.2 Å². The maximum Gasteiger partial charge on any atom is 0.231 e. The minimum absolute atomic E-state index is 0.0272. The Morgan fingerprint density at radius 3 is 2.73 bits per heavy atom. The van der Waals surface area contributed by atoms with E-state index in [9.17, 15) is 4.79 Å². The van der Waals surface area contributed by atoms with Crippen molar-refractivity contribution in [2.45, 2.75) is 31.8 Å². The zero-order valence-electron chi connectivity index (χ0n) is 9.20. The Morgan fingerprint density at radius 2 is 2.27 bits per heavy atom. The van der Waals surface area contributed by atoms with Crippen LogP contribution in [-0.4, -0.2) is 42.5 Å². The van der Waals surface area contributed by atoms with Crippen LogP contribution in [0.15, 0.2) is 0 Å². The van der Waals surface area contributed by atoms with Crippen molar-refractivity contribution in [3.8, 4) is 12.3 Å². The summed E-state index contributed by atoms with van der Waals surface area (Å²) < 4.78 is 0. The summed E-state index contributed by atoms with van der Waals surface area (Å²) in [6.07, 6.45) is 7.45. The van der Waals surface area contributed by atoms with Gasteiger partial charge in [-0.05, 0) is 32.9 Å². The highest BCUT2D eigenvalue weighted by Gasteiger charge is 2.25. The Kier molecular flexibility index (Phi) is 4.60. The highest BCUT2D eigenvalue weighted by Crippen LogP contribution is 2.14. The predicted molar refractivity (Wildman–Crippen MR) is 60.1 cm³/mol. The molecule has 0 bridgehead atoms. The van der Waals surface area contributed by atoms with Crippen molar-refractivity contribution in [3.05, 3.63) is 0 Å². The van der Waals surface area contributed by atoms with E-state index in [1.807, 2.05) is 11.8 Å². The fraction of sp³-hybridized carbons (Fsp3) is 0.727. The summed E-state index contributed by atoms with van der Waals surface area (Å²) in [6.45, 7) is 4.16. The van der Waals surface area contributed by atoms with E-state index in [2.05, 4.69) is 11.2 Å². The molecule has 1 fully saturated rings. The summed E-state index contributed by atoms with van der Waals surface area (Å²) in [4.78, 5) is 13.0. The lowest BCUT2D eigenvalue weighted by molar-refractivity contribution is -0.120. The maximum atomic E-state index is 11.0. The number of carbonyl (C=O) groups excluding carboxylic acids is 1. The number of amides is 1. The molecule has 1 amide bonds. The molecular formula is C11H19N3O. The first-order valence-electron chi connectivity index (χ1n) is 5.36. The van der Waals surface area contributed by atoms with E-state index in [4.69, 9.17) is 12.2 Å². The molecule has 0 aromatic carbocycles. The number of primary amides is 1. The monoisotopic (exact) mass is 209 g/mol. The number of nitrogens with zero attached hydrogens (tertiary/aromatic N) is 1. The van der Waals surface area contributed by atoms with Gasteiger partial charge in [0.1, 0.15) is 0 Å². The van der Waals surface area contributed by atoms with Gasteiger partial charge in [-0.25, -0.2) is 0 Å². The van der Waals surface area contributed by atoms with E-state index < -0.39 is 0 Å². The summed E-state index contributed by atoms with van der Waals surface area (Å²) in [7, 11) is 0. The molecule has 1 heterocycles. The van der Waals surface area contributed by atoms with E-state index in [0.717, 1.165) is 25.9 Å². The number of nitrogens with two attached hydrogens (primary N) is 1. The highest BCUT2D eigenvalue weighted by molar-refractivity contribution is 5.76. The SMILES string of the molecule is C#CC(C)N(CC(N)=O)C1CCNCC1. The van der Waals surface area contributed by atoms with E-state index >= 15 is 0 Å². The zero-order chi connectivity index (χ0) is 11.3. The fourth-order valence-corrected chi connectivity index (χ4v) is 2.00. The van der Waals surface area contributed by atoms with Gasteiger partial charge in [0.05, 0.1) is 12.6 Å². The lowest BCUT2D eigenvalue weighted by Crippen LogP contribution is -2.49. The van der Waals surface area contributed by atoms with Gasteiger partial charge in [0.25, 0.3) is 0 Å². The van der Waals surface area contributed by atoms with Gasteiger partial charge in [0.2, 0.25) is 5.91 Å². The Hall–Kier alpha value is -1.05. The van der Waals surface area contributed by atoms with Crippen LogP contribution < -0.4 is 11.1 Å². The number of piperidine rings is 1. The topological polar surface area (TPSA) is 58.4 Å². The molecule has 4 nitrogen and oxygen atoms in total. The van der Waals surface area contributed by atoms with Gasteiger partial charge < -0.3 is 11.1 Å². The molecule has 1 aliphatic heterocycles. The smallest absolute Gasteiger partial charge is 0.231 e. The first-order valence-corrected chi connectivity index (χ1v) is 5.36. The van der Waals surface area contributed by atoms with Crippen LogP contribution in [0.2, 0.25) is 0 Å².